The first-order valence-corrected chi connectivity index (χ1v) is 7.22. The number of hydrogen-bond acceptors (Lipinski definition) is 2. The molecule has 0 aromatic rings. The van der Waals surface area contributed by atoms with Crippen LogP contribution in [0.1, 0.15) is 52.9 Å². The van der Waals surface area contributed by atoms with Crippen molar-refractivity contribution in [3.63, 3.8) is 0 Å². The van der Waals surface area contributed by atoms with Gasteiger partial charge in [0, 0.05) is 12.6 Å². The van der Waals surface area contributed by atoms with Crippen molar-refractivity contribution in [3.8, 4) is 0 Å². The third-order valence-corrected chi connectivity index (χ3v) is 3.72. The number of likely N-dealkylation sites (N-methyl/N-ethyl adjacent to an activating group) is 1. The largest absolute Gasteiger partial charge is 0.313 e. The molecule has 0 spiro atoms. The summed E-state index contributed by atoms with van der Waals surface area (Å²) in [4.78, 5) is 2.67. The van der Waals surface area contributed by atoms with Gasteiger partial charge in [-0.3, -0.25) is 0 Å². The minimum atomic E-state index is 0.711. The molecule has 2 atom stereocenters. The van der Waals surface area contributed by atoms with Gasteiger partial charge in [-0.25, -0.2) is 0 Å². The number of likely N-dealkylation sites (tertiary alicyclic amines) is 1. The van der Waals surface area contributed by atoms with Crippen LogP contribution in [0, 0.1) is 5.92 Å². The van der Waals surface area contributed by atoms with Gasteiger partial charge in [-0.15, -0.1) is 0 Å². The van der Waals surface area contributed by atoms with Crippen LogP contribution in [-0.4, -0.2) is 37.1 Å². The Morgan fingerprint density at radius 3 is 2.75 bits per heavy atom. The SMILES string of the molecule is CCCC(CN1CCCC(C)CC1)NCC. The molecular weight excluding hydrogens is 196 g/mol. The zero-order valence-electron chi connectivity index (χ0n) is 11.5. The van der Waals surface area contributed by atoms with Crippen molar-refractivity contribution in [2.24, 2.45) is 5.92 Å². The molecule has 0 aliphatic carbocycles. The van der Waals surface area contributed by atoms with Crippen molar-refractivity contribution in [2.75, 3.05) is 26.2 Å². The van der Waals surface area contributed by atoms with E-state index in [-0.39, 0.29) is 0 Å². The molecule has 1 fully saturated rings. The first-order chi connectivity index (χ1) is 7.76. The van der Waals surface area contributed by atoms with E-state index in [1.807, 2.05) is 0 Å². The Hall–Kier alpha value is -0.0800. The number of rotatable bonds is 6. The van der Waals surface area contributed by atoms with E-state index < -0.39 is 0 Å². The van der Waals surface area contributed by atoms with Crippen molar-refractivity contribution >= 4 is 0 Å². The fourth-order valence-electron chi connectivity index (χ4n) is 2.71. The second-order valence-electron chi connectivity index (χ2n) is 5.38. The van der Waals surface area contributed by atoms with Gasteiger partial charge in [0.25, 0.3) is 0 Å². The van der Waals surface area contributed by atoms with Crippen molar-refractivity contribution in [2.45, 2.75) is 58.9 Å². The lowest BCUT2D eigenvalue weighted by atomic mass is 10.0. The normalized spacial score (nSPS) is 25.3. The average Bonchev–Trinajstić information content (AvgIpc) is 2.45. The van der Waals surface area contributed by atoms with Crippen LogP contribution in [0.5, 0.6) is 0 Å². The predicted molar refractivity (Wildman–Crippen MR) is 71.8 cm³/mol. The third kappa shape index (κ3) is 5.31. The van der Waals surface area contributed by atoms with E-state index >= 15 is 0 Å². The predicted octanol–water partition coefficient (Wildman–Crippen LogP) is 2.89. The zero-order valence-corrected chi connectivity index (χ0v) is 11.5. The highest BCUT2D eigenvalue weighted by Crippen LogP contribution is 2.16. The van der Waals surface area contributed by atoms with E-state index in [1.54, 1.807) is 0 Å². The van der Waals surface area contributed by atoms with Gasteiger partial charge in [-0.2, -0.15) is 0 Å². The molecule has 1 saturated heterocycles. The lowest BCUT2D eigenvalue weighted by Crippen LogP contribution is -2.41. The molecular formula is C14H30N2. The van der Waals surface area contributed by atoms with Gasteiger partial charge in [-0.1, -0.05) is 27.2 Å². The van der Waals surface area contributed by atoms with E-state index in [0.29, 0.717) is 6.04 Å². The van der Waals surface area contributed by atoms with Crippen LogP contribution in [0.3, 0.4) is 0 Å². The van der Waals surface area contributed by atoms with Crippen LogP contribution in [0.25, 0.3) is 0 Å². The Morgan fingerprint density at radius 2 is 2.06 bits per heavy atom. The molecule has 2 heteroatoms. The fourth-order valence-corrected chi connectivity index (χ4v) is 2.71. The molecule has 0 bridgehead atoms. The van der Waals surface area contributed by atoms with Gasteiger partial charge in [0.15, 0.2) is 0 Å². The fraction of sp³-hybridized carbons (Fsp3) is 1.00. The average molecular weight is 226 g/mol. The molecule has 0 aromatic heterocycles. The first kappa shape index (κ1) is 14.0. The lowest BCUT2D eigenvalue weighted by molar-refractivity contribution is 0.242. The quantitative estimate of drug-likeness (QED) is 0.749. The smallest absolute Gasteiger partial charge is 0.0194 e. The highest BCUT2D eigenvalue weighted by atomic mass is 15.1. The van der Waals surface area contributed by atoms with Crippen LogP contribution in [0.2, 0.25) is 0 Å². The minimum absolute atomic E-state index is 0.711. The van der Waals surface area contributed by atoms with Crippen molar-refractivity contribution in [1.29, 1.82) is 0 Å². The van der Waals surface area contributed by atoms with Gasteiger partial charge in [-0.05, 0) is 51.2 Å². The topological polar surface area (TPSA) is 15.3 Å². The second-order valence-corrected chi connectivity index (χ2v) is 5.38. The number of hydrogen-bond donors (Lipinski definition) is 1. The Bertz CT molecular complexity index is 164. The summed E-state index contributed by atoms with van der Waals surface area (Å²) >= 11 is 0. The summed E-state index contributed by atoms with van der Waals surface area (Å²) < 4.78 is 0. The van der Waals surface area contributed by atoms with Crippen LogP contribution in [0.4, 0.5) is 0 Å². The molecule has 16 heavy (non-hydrogen) atoms. The Kier molecular flexibility index (Phi) is 7.06. The van der Waals surface area contributed by atoms with Crippen LogP contribution < -0.4 is 5.32 Å². The van der Waals surface area contributed by atoms with E-state index in [0.717, 1.165) is 12.5 Å². The molecule has 1 aliphatic heterocycles. The maximum Gasteiger partial charge on any atom is 0.0194 e. The van der Waals surface area contributed by atoms with Gasteiger partial charge >= 0.3 is 0 Å². The summed E-state index contributed by atoms with van der Waals surface area (Å²) in [6.07, 6.45) is 6.83. The van der Waals surface area contributed by atoms with Crippen LogP contribution in [0.15, 0.2) is 0 Å². The molecule has 0 saturated carbocycles. The highest BCUT2D eigenvalue weighted by molar-refractivity contribution is 4.74. The van der Waals surface area contributed by atoms with Gasteiger partial charge in [0.05, 0.1) is 0 Å². The molecule has 2 nitrogen and oxygen atoms in total. The van der Waals surface area contributed by atoms with Crippen molar-refractivity contribution in [1.82, 2.24) is 10.2 Å². The van der Waals surface area contributed by atoms with E-state index in [1.165, 1.54) is 51.7 Å². The van der Waals surface area contributed by atoms with Crippen molar-refractivity contribution < 1.29 is 0 Å². The van der Waals surface area contributed by atoms with E-state index in [2.05, 4.69) is 31.0 Å². The summed E-state index contributed by atoms with van der Waals surface area (Å²) in [5.41, 5.74) is 0. The maximum absolute atomic E-state index is 3.62. The molecule has 96 valence electrons. The number of nitrogens with one attached hydrogen (secondary N) is 1. The number of nitrogens with zero attached hydrogens (tertiary/aromatic N) is 1. The summed E-state index contributed by atoms with van der Waals surface area (Å²) in [5, 5.41) is 3.62. The molecule has 1 N–H and O–H groups in total. The van der Waals surface area contributed by atoms with Crippen molar-refractivity contribution in [3.05, 3.63) is 0 Å². The summed E-state index contributed by atoms with van der Waals surface area (Å²) in [6.45, 7) is 11.9. The van der Waals surface area contributed by atoms with E-state index in [4.69, 9.17) is 0 Å². The van der Waals surface area contributed by atoms with Gasteiger partial charge in [0.2, 0.25) is 0 Å². The molecule has 2 unspecified atom stereocenters. The van der Waals surface area contributed by atoms with Gasteiger partial charge in [0.1, 0.15) is 0 Å². The lowest BCUT2D eigenvalue weighted by Gasteiger charge is -2.26. The Balaban J connectivity index is 2.31. The Morgan fingerprint density at radius 1 is 1.25 bits per heavy atom. The summed E-state index contributed by atoms with van der Waals surface area (Å²) in [6, 6.07) is 0.711. The molecule has 0 aromatic carbocycles. The monoisotopic (exact) mass is 226 g/mol. The zero-order chi connectivity index (χ0) is 11.8. The minimum Gasteiger partial charge on any atom is -0.313 e. The maximum atomic E-state index is 3.62. The first-order valence-electron chi connectivity index (χ1n) is 7.22. The van der Waals surface area contributed by atoms with Gasteiger partial charge < -0.3 is 10.2 Å². The highest BCUT2D eigenvalue weighted by Gasteiger charge is 2.16. The standard InChI is InChI=1S/C14H30N2/c1-4-7-14(15-5-2)12-16-10-6-8-13(3)9-11-16/h13-15H,4-12H2,1-3H3. The third-order valence-electron chi connectivity index (χ3n) is 3.72. The molecule has 0 amide bonds. The van der Waals surface area contributed by atoms with Crippen LogP contribution >= 0.6 is 0 Å². The Labute approximate surface area is 102 Å². The van der Waals surface area contributed by atoms with Crippen LogP contribution in [-0.2, 0) is 0 Å². The second kappa shape index (κ2) is 8.08. The molecule has 1 aliphatic rings. The summed E-state index contributed by atoms with van der Waals surface area (Å²) in [5.74, 6) is 0.939. The molecule has 1 heterocycles. The van der Waals surface area contributed by atoms with E-state index in [9.17, 15) is 0 Å². The molecule has 0 radical (unpaired) electrons. The molecule has 1 rings (SSSR count). The summed E-state index contributed by atoms with van der Waals surface area (Å²) in [7, 11) is 0.